The predicted molar refractivity (Wildman–Crippen MR) is 77.9 cm³/mol. The van der Waals surface area contributed by atoms with E-state index in [4.69, 9.17) is 5.11 Å². The quantitative estimate of drug-likeness (QED) is 0.626. The van der Waals surface area contributed by atoms with E-state index in [0.717, 1.165) is 4.88 Å². The fraction of sp³-hybridized carbons (Fsp3) is 0.286. The Labute approximate surface area is 121 Å². The maximum atomic E-state index is 12.4. The van der Waals surface area contributed by atoms with Crippen molar-refractivity contribution in [2.24, 2.45) is 0 Å². The molecule has 1 aromatic rings. The highest BCUT2D eigenvalue weighted by Crippen LogP contribution is 2.33. The zero-order valence-electron chi connectivity index (χ0n) is 11.2. The minimum absolute atomic E-state index is 0.0827. The van der Waals surface area contributed by atoms with E-state index in [-0.39, 0.29) is 25.0 Å². The molecule has 2 amide bonds. The van der Waals surface area contributed by atoms with Gasteiger partial charge in [-0.15, -0.1) is 17.9 Å². The van der Waals surface area contributed by atoms with E-state index in [1.54, 1.807) is 11.9 Å². The second kappa shape index (κ2) is 6.02. The van der Waals surface area contributed by atoms with Gasteiger partial charge in [-0.3, -0.25) is 14.5 Å². The molecule has 1 N–H and O–H groups in total. The van der Waals surface area contributed by atoms with Crippen LogP contribution in [0.15, 0.2) is 35.9 Å². The summed E-state index contributed by atoms with van der Waals surface area (Å²) in [5.41, 5.74) is 0.746. The van der Waals surface area contributed by atoms with E-state index < -0.39 is 0 Å². The molecule has 6 heteroatoms. The lowest BCUT2D eigenvalue weighted by Gasteiger charge is -2.19. The maximum Gasteiger partial charge on any atom is 0.278 e. The lowest BCUT2D eigenvalue weighted by Crippen LogP contribution is -2.34. The smallest absolute Gasteiger partial charge is 0.278 e. The van der Waals surface area contributed by atoms with Crippen molar-refractivity contribution >= 4 is 28.7 Å². The molecule has 0 aliphatic carbocycles. The van der Waals surface area contributed by atoms with Gasteiger partial charge in [0.25, 0.3) is 11.8 Å². The number of hydrogen-bond acceptors (Lipinski definition) is 5. The standard InChI is InChI=1S/C14H16N2O3S/c1-3-6-16-13(18)11(10-5-4-9-20-10)12(14(16)19)15(2)7-8-17/h3-5,9,17H,1,6-8H2,2H3. The Kier molecular flexibility index (Phi) is 4.36. The van der Waals surface area contributed by atoms with Gasteiger partial charge in [0.05, 0.1) is 12.2 Å². The van der Waals surface area contributed by atoms with Gasteiger partial charge in [0.15, 0.2) is 0 Å². The van der Waals surface area contributed by atoms with E-state index in [9.17, 15) is 9.59 Å². The molecule has 20 heavy (non-hydrogen) atoms. The molecule has 5 nitrogen and oxygen atoms in total. The van der Waals surface area contributed by atoms with Gasteiger partial charge >= 0.3 is 0 Å². The van der Waals surface area contributed by atoms with Gasteiger partial charge < -0.3 is 10.0 Å². The molecule has 0 spiro atoms. The van der Waals surface area contributed by atoms with Crippen LogP contribution in [0.4, 0.5) is 0 Å². The fourth-order valence-electron chi connectivity index (χ4n) is 2.12. The zero-order valence-corrected chi connectivity index (χ0v) is 12.0. The van der Waals surface area contributed by atoms with Crippen LogP contribution in [0.5, 0.6) is 0 Å². The van der Waals surface area contributed by atoms with Crippen LogP contribution in [0.3, 0.4) is 0 Å². The van der Waals surface area contributed by atoms with Crippen molar-refractivity contribution in [3.05, 3.63) is 40.7 Å². The molecular formula is C14H16N2O3S. The first kappa shape index (κ1) is 14.5. The first-order valence-electron chi connectivity index (χ1n) is 6.19. The number of hydrogen-bond donors (Lipinski definition) is 1. The summed E-state index contributed by atoms with van der Waals surface area (Å²) in [5.74, 6) is -0.647. The number of aliphatic hydroxyl groups is 1. The first-order valence-corrected chi connectivity index (χ1v) is 7.07. The molecule has 0 aromatic carbocycles. The zero-order chi connectivity index (χ0) is 14.7. The number of aliphatic hydroxyl groups excluding tert-OH is 1. The molecule has 0 unspecified atom stereocenters. The Morgan fingerprint density at radius 2 is 2.20 bits per heavy atom. The molecule has 0 bridgehead atoms. The first-order chi connectivity index (χ1) is 9.61. The average Bonchev–Trinajstić information content (AvgIpc) is 3.01. The minimum atomic E-state index is -0.339. The predicted octanol–water partition coefficient (Wildman–Crippen LogP) is 0.938. The van der Waals surface area contributed by atoms with Crippen molar-refractivity contribution in [1.82, 2.24) is 9.80 Å². The Bertz CT molecular complexity index is 563. The van der Waals surface area contributed by atoms with Crippen LogP contribution in [-0.4, -0.2) is 53.5 Å². The Balaban J connectivity index is 2.49. The number of carbonyl (C=O) groups excluding carboxylic acids is 2. The molecule has 1 aliphatic rings. The highest BCUT2D eigenvalue weighted by Gasteiger charge is 2.40. The highest BCUT2D eigenvalue weighted by atomic mass is 32.1. The summed E-state index contributed by atoms with van der Waals surface area (Å²) in [7, 11) is 1.70. The summed E-state index contributed by atoms with van der Waals surface area (Å²) in [4.78, 5) is 28.4. The van der Waals surface area contributed by atoms with Gasteiger partial charge in [0.1, 0.15) is 5.70 Å². The van der Waals surface area contributed by atoms with E-state index in [1.807, 2.05) is 17.5 Å². The van der Waals surface area contributed by atoms with Crippen LogP contribution in [0.2, 0.25) is 0 Å². The summed E-state index contributed by atoms with van der Waals surface area (Å²) >= 11 is 1.41. The molecular weight excluding hydrogens is 276 g/mol. The van der Waals surface area contributed by atoms with Crippen molar-refractivity contribution in [1.29, 1.82) is 0 Å². The Morgan fingerprint density at radius 3 is 2.75 bits per heavy atom. The highest BCUT2D eigenvalue weighted by molar-refractivity contribution is 7.11. The third-order valence-corrected chi connectivity index (χ3v) is 3.93. The van der Waals surface area contributed by atoms with Crippen molar-refractivity contribution in [2.75, 3.05) is 26.7 Å². The summed E-state index contributed by atoms with van der Waals surface area (Å²) < 4.78 is 0. The number of thiophene rings is 1. The molecule has 1 aromatic heterocycles. The topological polar surface area (TPSA) is 60.9 Å². The third kappa shape index (κ3) is 2.39. The molecule has 0 saturated carbocycles. The normalized spacial score (nSPS) is 15.2. The molecule has 2 heterocycles. The fourth-order valence-corrected chi connectivity index (χ4v) is 2.88. The third-order valence-electron chi connectivity index (χ3n) is 3.04. The van der Waals surface area contributed by atoms with Crippen LogP contribution >= 0.6 is 11.3 Å². The maximum absolute atomic E-state index is 12.4. The van der Waals surface area contributed by atoms with E-state index in [2.05, 4.69) is 6.58 Å². The SMILES string of the molecule is C=CCN1C(=O)C(c2cccs2)=C(N(C)CCO)C1=O. The number of carbonyl (C=O) groups is 2. The lowest BCUT2D eigenvalue weighted by atomic mass is 10.2. The number of likely N-dealkylation sites (N-methyl/N-ethyl adjacent to an activating group) is 1. The number of nitrogens with zero attached hydrogens (tertiary/aromatic N) is 2. The Hall–Kier alpha value is -1.92. The average molecular weight is 292 g/mol. The van der Waals surface area contributed by atoms with Crippen molar-refractivity contribution < 1.29 is 14.7 Å². The van der Waals surface area contributed by atoms with Crippen LogP contribution in [0.1, 0.15) is 4.88 Å². The summed E-state index contributed by atoms with van der Waals surface area (Å²) in [6, 6.07) is 3.65. The molecule has 1 aliphatic heterocycles. The van der Waals surface area contributed by atoms with Crippen LogP contribution in [0, 0.1) is 0 Å². The van der Waals surface area contributed by atoms with E-state index >= 15 is 0 Å². The largest absolute Gasteiger partial charge is 0.395 e. The van der Waals surface area contributed by atoms with Crippen molar-refractivity contribution in [2.45, 2.75) is 0 Å². The second-order valence-corrected chi connectivity index (χ2v) is 5.30. The van der Waals surface area contributed by atoms with Crippen LogP contribution in [-0.2, 0) is 9.59 Å². The van der Waals surface area contributed by atoms with Crippen molar-refractivity contribution in [3.63, 3.8) is 0 Å². The summed E-state index contributed by atoms with van der Waals surface area (Å²) in [5, 5.41) is 10.9. The monoisotopic (exact) mass is 292 g/mol. The molecule has 106 valence electrons. The number of rotatable bonds is 6. The van der Waals surface area contributed by atoms with Crippen LogP contribution in [0.25, 0.3) is 5.57 Å². The molecule has 0 atom stereocenters. The summed E-state index contributed by atoms with van der Waals surface area (Å²) in [6.45, 7) is 3.97. The molecule has 0 radical (unpaired) electrons. The minimum Gasteiger partial charge on any atom is -0.395 e. The molecule has 0 saturated heterocycles. The van der Waals surface area contributed by atoms with E-state index in [1.165, 1.54) is 22.3 Å². The second-order valence-electron chi connectivity index (χ2n) is 4.36. The summed E-state index contributed by atoms with van der Waals surface area (Å²) in [6.07, 6.45) is 1.52. The lowest BCUT2D eigenvalue weighted by molar-refractivity contribution is -0.136. The van der Waals surface area contributed by atoms with Crippen LogP contribution < -0.4 is 0 Å². The van der Waals surface area contributed by atoms with Gasteiger partial charge in [-0.1, -0.05) is 12.1 Å². The van der Waals surface area contributed by atoms with Gasteiger partial charge in [-0.05, 0) is 11.4 Å². The Morgan fingerprint density at radius 1 is 1.45 bits per heavy atom. The van der Waals surface area contributed by atoms with Gasteiger partial charge in [0.2, 0.25) is 0 Å². The number of imide groups is 1. The number of amides is 2. The van der Waals surface area contributed by atoms with Gasteiger partial charge in [-0.2, -0.15) is 0 Å². The van der Waals surface area contributed by atoms with Crippen molar-refractivity contribution in [3.8, 4) is 0 Å². The van der Waals surface area contributed by atoms with Gasteiger partial charge in [0, 0.05) is 25.0 Å². The molecule has 0 fully saturated rings. The molecule has 2 rings (SSSR count). The van der Waals surface area contributed by atoms with Gasteiger partial charge in [-0.25, -0.2) is 0 Å². The van der Waals surface area contributed by atoms with E-state index in [0.29, 0.717) is 17.8 Å².